The van der Waals surface area contributed by atoms with Crippen molar-refractivity contribution in [3.63, 3.8) is 0 Å². The topological polar surface area (TPSA) is 24.5 Å². The van der Waals surface area contributed by atoms with E-state index in [1.165, 1.54) is 11.1 Å². The third kappa shape index (κ3) is 4.22. The number of benzene rings is 2. The molecule has 1 fully saturated rings. The summed E-state index contributed by atoms with van der Waals surface area (Å²) < 4.78 is 5.48. The van der Waals surface area contributed by atoms with Gasteiger partial charge >= 0.3 is 0 Å². The third-order valence-electron chi connectivity index (χ3n) is 4.92. The normalized spacial score (nSPS) is 20.8. The van der Waals surface area contributed by atoms with Gasteiger partial charge in [-0.1, -0.05) is 54.5 Å². The monoisotopic (exact) mass is 334 g/mol. The van der Waals surface area contributed by atoms with Crippen LogP contribution >= 0.6 is 0 Å². The molecule has 3 heteroatoms. The highest BCUT2D eigenvalue weighted by atomic mass is 16.5. The lowest BCUT2D eigenvalue weighted by Crippen LogP contribution is -2.48. The molecule has 0 unspecified atom stereocenters. The Morgan fingerprint density at radius 2 is 1.92 bits per heavy atom. The average molecular weight is 334 g/mol. The van der Waals surface area contributed by atoms with Crippen LogP contribution in [0.15, 0.2) is 54.6 Å². The fourth-order valence-electron chi connectivity index (χ4n) is 3.76. The van der Waals surface area contributed by atoms with E-state index in [9.17, 15) is 0 Å². The zero-order chi connectivity index (χ0) is 17.5. The van der Waals surface area contributed by atoms with Crippen LogP contribution in [0.2, 0.25) is 0 Å². The van der Waals surface area contributed by atoms with Crippen LogP contribution in [0, 0.1) is 12.3 Å². The molecule has 1 aliphatic rings. The molecule has 0 aromatic heterocycles. The molecule has 0 amide bonds. The van der Waals surface area contributed by atoms with Gasteiger partial charge in [0.1, 0.15) is 5.75 Å². The minimum Gasteiger partial charge on any atom is -0.496 e. The highest BCUT2D eigenvalue weighted by Crippen LogP contribution is 2.31. The number of terminal acetylenes is 1. The van der Waals surface area contributed by atoms with Gasteiger partial charge in [0.15, 0.2) is 0 Å². The molecule has 1 N–H and O–H groups in total. The Morgan fingerprint density at radius 3 is 2.68 bits per heavy atom. The average Bonchev–Trinajstić information content (AvgIpc) is 2.67. The van der Waals surface area contributed by atoms with Crippen molar-refractivity contribution in [2.24, 2.45) is 0 Å². The van der Waals surface area contributed by atoms with Gasteiger partial charge in [-0.3, -0.25) is 4.90 Å². The number of para-hydroxylation sites is 1. The molecule has 2 aromatic rings. The Morgan fingerprint density at radius 1 is 1.16 bits per heavy atom. The first-order valence-corrected chi connectivity index (χ1v) is 8.91. The number of piperidine rings is 1. The van der Waals surface area contributed by atoms with E-state index in [0.29, 0.717) is 18.6 Å². The van der Waals surface area contributed by atoms with Gasteiger partial charge in [-0.05, 0) is 31.0 Å². The fraction of sp³-hybridized carbons (Fsp3) is 0.364. The summed E-state index contributed by atoms with van der Waals surface area (Å²) in [7, 11) is 1.72. The Hall–Kier alpha value is -2.28. The Kier molecular flexibility index (Phi) is 6.11. The van der Waals surface area contributed by atoms with E-state index >= 15 is 0 Å². The fourth-order valence-corrected chi connectivity index (χ4v) is 3.76. The van der Waals surface area contributed by atoms with Crippen molar-refractivity contribution in [2.45, 2.75) is 31.5 Å². The maximum Gasteiger partial charge on any atom is 0.123 e. The van der Waals surface area contributed by atoms with Gasteiger partial charge in [-0.25, -0.2) is 0 Å². The first-order valence-electron chi connectivity index (χ1n) is 8.91. The molecular formula is C22H26N2O. The quantitative estimate of drug-likeness (QED) is 0.817. The minimum atomic E-state index is 0.306. The predicted molar refractivity (Wildman–Crippen MR) is 102 cm³/mol. The summed E-state index contributed by atoms with van der Waals surface area (Å²) in [6.07, 6.45) is 7.93. The van der Waals surface area contributed by atoms with Crippen LogP contribution in [-0.2, 0) is 6.54 Å². The highest BCUT2D eigenvalue weighted by molar-refractivity contribution is 5.33. The summed E-state index contributed by atoms with van der Waals surface area (Å²) >= 11 is 0. The van der Waals surface area contributed by atoms with Crippen molar-refractivity contribution >= 4 is 0 Å². The standard InChI is InChI=1S/C22H26N2O/c1-3-15-24-16-9-13-20(22(24)18-10-5-4-6-11-18)23-17-19-12-7-8-14-21(19)25-2/h1,4-8,10-12,14,20,22-23H,9,13,15-17H2,2H3/t20-,22-/m1/s1. The lowest BCUT2D eigenvalue weighted by atomic mass is 9.90. The molecule has 0 bridgehead atoms. The lowest BCUT2D eigenvalue weighted by molar-refractivity contribution is 0.126. The molecule has 25 heavy (non-hydrogen) atoms. The molecule has 3 rings (SSSR count). The van der Waals surface area contributed by atoms with Gasteiger partial charge in [0.05, 0.1) is 19.7 Å². The summed E-state index contributed by atoms with van der Waals surface area (Å²) in [4.78, 5) is 2.42. The molecule has 130 valence electrons. The number of ether oxygens (including phenoxy) is 1. The van der Waals surface area contributed by atoms with E-state index in [-0.39, 0.29) is 0 Å². The van der Waals surface area contributed by atoms with E-state index in [0.717, 1.165) is 31.7 Å². The van der Waals surface area contributed by atoms with Crippen molar-refractivity contribution in [3.05, 3.63) is 65.7 Å². The van der Waals surface area contributed by atoms with Crippen molar-refractivity contribution in [3.8, 4) is 18.1 Å². The van der Waals surface area contributed by atoms with Crippen molar-refractivity contribution in [1.82, 2.24) is 10.2 Å². The van der Waals surface area contributed by atoms with Crippen LogP contribution in [-0.4, -0.2) is 31.1 Å². The van der Waals surface area contributed by atoms with Crippen LogP contribution in [0.4, 0.5) is 0 Å². The number of hydrogen-bond donors (Lipinski definition) is 1. The van der Waals surface area contributed by atoms with Crippen molar-refractivity contribution < 1.29 is 4.74 Å². The van der Waals surface area contributed by atoms with Gasteiger partial charge < -0.3 is 10.1 Å². The molecule has 0 radical (unpaired) electrons. The number of nitrogens with one attached hydrogen (secondary N) is 1. The first kappa shape index (κ1) is 17.5. The molecule has 0 saturated carbocycles. The minimum absolute atomic E-state index is 0.306. The SMILES string of the molecule is C#CCN1CCC[C@@H](NCc2ccccc2OC)[C@H]1c1ccccc1. The molecular weight excluding hydrogens is 308 g/mol. The second-order valence-electron chi connectivity index (χ2n) is 6.47. The van der Waals surface area contributed by atoms with Crippen molar-refractivity contribution in [2.75, 3.05) is 20.2 Å². The van der Waals surface area contributed by atoms with Gasteiger partial charge in [-0.15, -0.1) is 6.42 Å². The van der Waals surface area contributed by atoms with Gasteiger partial charge in [0.25, 0.3) is 0 Å². The maximum atomic E-state index is 5.62. The number of rotatable bonds is 6. The molecule has 1 aliphatic heterocycles. The summed E-state index contributed by atoms with van der Waals surface area (Å²) in [6, 6.07) is 19.6. The second kappa shape index (κ2) is 8.71. The second-order valence-corrected chi connectivity index (χ2v) is 6.47. The van der Waals surface area contributed by atoms with E-state index in [1.807, 2.05) is 12.1 Å². The van der Waals surface area contributed by atoms with Crippen LogP contribution < -0.4 is 10.1 Å². The van der Waals surface area contributed by atoms with Crippen LogP contribution in [0.5, 0.6) is 5.75 Å². The highest BCUT2D eigenvalue weighted by Gasteiger charge is 2.31. The number of hydrogen-bond acceptors (Lipinski definition) is 3. The maximum absolute atomic E-state index is 5.62. The molecule has 2 aromatic carbocycles. The zero-order valence-corrected chi connectivity index (χ0v) is 14.8. The smallest absolute Gasteiger partial charge is 0.123 e. The van der Waals surface area contributed by atoms with Gasteiger partial charge in [-0.2, -0.15) is 0 Å². The van der Waals surface area contributed by atoms with Gasteiger partial charge in [0.2, 0.25) is 0 Å². The molecule has 1 heterocycles. The van der Waals surface area contributed by atoms with Crippen LogP contribution in [0.1, 0.15) is 30.0 Å². The summed E-state index contributed by atoms with van der Waals surface area (Å²) in [6.45, 7) is 2.53. The number of methoxy groups -OCH3 is 1. The molecule has 3 nitrogen and oxygen atoms in total. The zero-order valence-electron chi connectivity index (χ0n) is 14.8. The summed E-state index contributed by atoms with van der Waals surface area (Å²) in [5.74, 6) is 3.76. The Bertz CT molecular complexity index is 707. The molecule has 0 spiro atoms. The Labute approximate surface area is 151 Å². The number of likely N-dealkylation sites (tertiary alicyclic amines) is 1. The Balaban J connectivity index is 1.79. The predicted octanol–water partition coefficient (Wildman–Crippen LogP) is 3.62. The van der Waals surface area contributed by atoms with E-state index < -0.39 is 0 Å². The van der Waals surface area contributed by atoms with Crippen LogP contribution in [0.3, 0.4) is 0 Å². The molecule has 1 saturated heterocycles. The molecule has 2 atom stereocenters. The molecule has 0 aliphatic carbocycles. The van der Waals surface area contributed by atoms with Gasteiger partial charge in [0, 0.05) is 18.2 Å². The summed E-state index contributed by atoms with van der Waals surface area (Å²) in [5.41, 5.74) is 2.51. The third-order valence-corrected chi connectivity index (χ3v) is 4.92. The van der Waals surface area contributed by atoms with E-state index in [2.05, 4.69) is 58.6 Å². The van der Waals surface area contributed by atoms with Crippen molar-refractivity contribution in [1.29, 1.82) is 0 Å². The first-order chi connectivity index (χ1) is 12.3. The van der Waals surface area contributed by atoms with E-state index in [1.54, 1.807) is 7.11 Å². The largest absolute Gasteiger partial charge is 0.496 e. The van der Waals surface area contributed by atoms with E-state index in [4.69, 9.17) is 11.2 Å². The number of nitrogens with zero attached hydrogens (tertiary/aromatic N) is 1. The summed E-state index contributed by atoms with van der Waals surface area (Å²) in [5, 5.41) is 3.76. The lowest BCUT2D eigenvalue weighted by Gasteiger charge is -2.41. The van der Waals surface area contributed by atoms with Crippen LogP contribution in [0.25, 0.3) is 0 Å².